The molecule has 0 aliphatic heterocycles. The molecule has 1 aromatic rings. The van der Waals surface area contributed by atoms with Crippen LogP contribution < -0.4 is 5.32 Å². The number of carboxylic acids is 1. The number of nitrogens with one attached hydrogen (secondary N) is 1. The van der Waals surface area contributed by atoms with Crippen molar-refractivity contribution < 1.29 is 9.90 Å². The van der Waals surface area contributed by atoms with Crippen LogP contribution >= 0.6 is 0 Å². The van der Waals surface area contributed by atoms with Crippen molar-refractivity contribution in [1.82, 2.24) is 0 Å². The van der Waals surface area contributed by atoms with Crippen molar-refractivity contribution in [3.63, 3.8) is 0 Å². The number of carbonyl (C=O) groups is 1. The van der Waals surface area contributed by atoms with Crippen molar-refractivity contribution in [2.45, 2.75) is 57.9 Å². The van der Waals surface area contributed by atoms with Gasteiger partial charge in [0, 0.05) is 11.7 Å². The molecule has 0 radical (unpaired) electrons. The molecule has 3 heteroatoms. The zero-order chi connectivity index (χ0) is 13.7. The molecule has 0 bridgehead atoms. The maximum Gasteiger partial charge on any atom is 0.307 e. The third-order valence-corrected chi connectivity index (χ3v) is 3.82. The monoisotopic (exact) mass is 261 g/mol. The molecule has 0 spiro atoms. The summed E-state index contributed by atoms with van der Waals surface area (Å²) in [5.74, 6) is -0.769. The van der Waals surface area contributed by atoms with E-state index in [0.717, 1.165) is 16.8 Å². The summed E-state index contributed by atoms with van der Waals surface area (Å²) >= 11 is 0. The Morgan fingerprint density at radius 2 is 1.95 bits per heavy atom. The lowest BCUT2D eigenvalue weighted by molar-refractivity contribution is -0.136. The molecule has 2 N–H and O–H groups in total. The summed E-state index contributed by atoms with van der Waals surface area (Å²) in [4.78, 5) is 11.0. The maximum atomic E-state index is 11.0. The van der Waals surface area contributed by atoms with Crippen molar-refractivity contribution in [2.75, 3.05) is 5.32 Å². The van der Waals surface area contributed by atoms with E-state index in [-0.39, 0.29) is 6.42 Å². The van der Waals surface area contributed by atoms with Gasteiger partial charge in [-0.15, -0.1) is 0 Å². The van der Waals surface area contributed by atoms with Crippen LogP contribution in [0.15, 0.2) is 18.2 Å². The lowest BCUT2D eigenvalue weighted by Gasteiger charge is -2.20. The van der Waals surface area contributed by atoms with Gasteiger partial charge in [0.1, 0.15) is 0 Å². The van der Waals surface area contributed by atoms with Gasteiger partial charge in [0.25, 0.3) is 0 Å². The molecule has 0 amide bonds. The van der Waals surface area contributed by atoms with Gasteiger partial charge in [-0.3, -0.25) is 4.79 Å². The highest BCUT2D eigenvalue weighted by atomic mass is 16.4. The Labute approximate surface area is 115 Å². The van der Waals surface area contributed by atoms with Crippen LogP contribution in [0.3, 0.4) is 0 Å². The molecule has 2 rings (SSSR count). The van der Waals surface area contributed by atoms with Crippen LogP contribution in [0, 0.1) is 6.92 Å². The first-order valence-electron chi connectivity index (χ1n) is 7.23. The second kappa shape index (κ2) is 6.60. The van der Waals surface area contributed by atoms with Gasteiger partial charge >= 0.3 is 5.97 Å². The van der Waals surface area contributed by atoms with Gasteiger partial charge in [-0.05, 0) is 31.4 Å². The van der Waals surface area contributed by atoms with E-state index in [9.17, 15) is 4.79 Å². The highest BCUT2D eigenvalue weighted by molar-refractivity contribution is 5.73. The molecule has 1 aliphatic carbocycles. The summed E-state index contributed by atoms with van der Waals surface area (Å²) in [6, 6.07) is 6.55. The summed E-state index contributed by atoms with van der Waals surface area (Å²) < 4.78 is 0. The largest absolute Gasteiger partial charge is 0.481 e. The lowest BCUT2D eigenvalue weighted by atomic mass is 10.0. The second-order valence-corrected chi connectivity index (χ2v) is 5.56. The second-order valence-electron chi connectivity index (χ2n) is 5.56. The molecule has 0 aromatic heterocycles. The average Bonchev–Trinajstić information content (AvgIpc) is 2.60. The Balaban J connectivity index is 2.11. The van der Waals surface area contributed by atoms with E-state index < -0.39 is 5.97 Å². The van der Waals surface area contributed by atoms with Crippen LogP contribution in [0.1, 0.15) is 49.7 Å². The van der Waals surface area contributed by atoms with Crippen molar-refractivity contribution in [1.29, 1.82) is 0 Å². The first kappa shape index (κ1) is 13.9. The van der Waals surface area contributed by atoms with Crippen LogP contribution in [0.2, 0.25) is 0 Å². The minimum absolute atomic E-state index is 0.0940. The summed E-state index contributed by atoms with van der Waals surface area (Å²) in [5.41, 5.74) is 3.01. The number of benzene rings is 1. The quantitative estimate of drug-likeness (QED) is 0.811. The fraction of sp³-hybridized carbons (Fsp3) is 0.562. The molecule has 1 saturated carbocycles. The predicted octanol–water partition coefficient (Wildman–Crippen LogP) is 3.76. The molecule has 104 valence electrons. The van der Waals surface area contributed by atoms with Crippen molar-refractivity contribution >= 4 is 11.7 Å². The van der Waals surface area contributed by atoms with Gasteiger partial charge < -0.3 is 10.4 Å². The SMILES string of the molecule is Cc1ccc(NC2CCCCCC2)c(CC(=O)O)c1. The zero-order valence-electron chi connectivity index (χ0n) is 11.6. The summed E-state index contributed by atoms with van der Waals surface area (Å²) in [7, 11) is 0. The van der Waals surface area contributed by atoms with Gasteiger partial charge in [-0.25, -0.2) is 0 Å². The highest BCUT2D eigenvalue weighted by Gasteiger charge is 2.14. The first-order valence-corrected chi connectivity index (χ1v) is 7.23. The Kier molecular flexibility index (Phi) is 4.83. The molecule has 19 heavy (non-hydrogen) atoms. The summed E-state index contributed by atoms with van der Waals surface area (Å²) in [6.07, 6.45) is 7.69. The molecule has 1 fully saturated rings. The van der Waals surface area contributed by atoms with Crippen molar-refractivity contribution in [2.24, 2.45) is 0 Å². The van der Waals surface area contributed by atoms with Crippen LogP contribution in [-0.2, 0) is 11.2 Å². The van der Waals surface area contributed by atoms with Crippen LogP contribution in [0.5, 0.6) is 0 Å². The average molecular weight is 261 g/mol. The van der Waals surface area contributed by atoms with Crippen molar-refractivity contribution in [3.05, 3.63) is 29.3 Å². The van der Waals surface area contributed by atoms with Crippen LogP contribution in [-0.4, -0.2) is 17.1 Å². The molecule has 0 heterocycles. The van der Waals surface area contributed by atoms with Crippen LogP contribution in [0.4, 0.5) is 5.69 Å². The zero-order valence-corrected chi connectivity index (χ0v) is 11.6. The smallest absolute Gasteiger partial charge is 0.307 e. The highest BCUT2D eigenvalue weighted by Crippen LogP contribution is 2.24. The Hall–Kier alpha value is -1.51. The standard InChI is InChI=1S/C16H23NO2/c1-12-8-9-15(13(10-12)11-16(18)19)17-14-6-4-2-3-5-7-14/h8-10,14,17H,2-7,11H2,1H3,(H,18,19). The fourth-order valence-corrected chi connectivity index (χ4v) is 2.82. The van der Waals surface area contributed by atoms with Gasteiger partial charge in [-0.1, -0.05) is 43.4 Å². The third-order valence-electron chi connectivity index (χ3n) is 3.82. The molecule has 1 aromatic carbocycles. The van der Waals surface area contributed by atoms with E-state index in [1.807, 2.05) is 25.1 Å². The predicted molar refractivity (Wildman–Crippen MR) is 77.6 cm³/mol. The number of carboxylic acid groups (broad SMARTS) is 1. The minimum atomic E-state index is -0.769. The van der Waals surface area contributed by atoms with Gasteiger partial charge in [0.2, 0.25) is 0 Å². The van der Waals surface area contributed by atoms with E-state index in [2.05, 4.69) is 5.32 Å². The normalized spacial score (nSPS) is 16.9. The molecular weight excluding hydrogens is 238 g/mol. The number of hydrogen-bond acceptors (Lipinski definition) is 2. The van der Waals surface area contributed by atoms with Crippen LogP contribution in [0.25, 0.3) is 0 Å². The number of anilines is 1. The summed E-state index contributed by atoms with van der Waals surface area (Å²) in [5, 5.41) is 12.6. The summed E-state index contributed by atoms with van der Waals surface area (Å²) in [6.45, 7) is 2.00. The number of hydrogen-bond donors (Lipinski definition) is 2. The molecule has 0 unspecified atom stereocenters. The first-order chi connectivity index (χ1) is 9.15. The maximum absolute atomic E-state index is 11.0. The molecule has 0 atom stereocenters. The minimum Gasteiger partial charge on any atom is -0.481 e. The molecular formula is C16H23NO2. The number of aliphatic carboxylic acids is 1. The van der Waals surface area contributed by atoms with E-state index in [4.69, 9.17) is 5.11 Å². The van der Waals surface area contributed by atoms with Gasteiger partial charge in [-0.2, -0.15) is 0 Å². The number of aryl methyl sites for hydroxylation is 1. The van der Waals surface area contributed by atoms with E-state index in [0.29, 0.717) is 6.04 Å². The Bertz CT molecular complexity index is 434. The Morgan fingerprint density at radius 3 is 2.58 bits per heavy atom. The van der Waals surface area contributed by atoms with Gasteiger partial charge in [0.05, 0.1) is 6.42 Å². The number of rotatable bonds is 4. The van der Waals surface area contributed by atoms with E-state index in [1.54, 1.807) is 0 Å². The van der Waals surface area contributed by atoms with Crippen molar-refractivity contribution in [3.8, 4) is 0 Å². The molecule has 3 nitrogen and oxygen atoms in total. The Morgan fingerprint density at radius 1 is 1.26 bits per heavy atom. The molecule has 1 aliphatic rings. The van der Waals surface area contributed by atoms with E-state index >= 15 is 0 Å². The third kappa shape index (κ3) is 4.27. The lowest BCUT2D eigenvalue weighted by Crippen LogP contribution is -2.19. The van der Waals surface area contributed by atoms with E-state index in [1.165, 1.54) is 38.5 Å². The van der Waals surface area contributed by atoms with Gasteiger partial charge in [0.15, 0.2) is 0 Å². The fourth-order valence-electron chi connectivity index (χ4n) is 2.82. The topological polar surface area (TPSA) is 49.3 Å². The molecule has 0 saturated heterocycles.